The summed E-state index contributed by atoms with van der Waals surface area (Å²) in [5, 5.41) is 15.5. The summed E-state index contributed by atoms with van der Waals surface area (Å²) in [4.78, 5) is 27.8. The number of hydrogen-bond donors (Lipinski definition) is 1. The molecule has 1 atom stereocenters. The van der Waals surface area contributed by atoms with Crippen LogP contribution in [0.4, 0.5) is 11.4 Å². The summed E-state index contributed by atoms with van der Waals surface area (Å²) in [5.41, 5.74) is 0.687. The van der Waals surface area contributed by atoms with Gasteiger partial charge in [-0.3, -0.25) is 14.9 Å². The summed E-state index contributed by atoms with van der Waals surface area (Å²) in [7, 11) is 0. The summed E-state index contributed by atoms with van der Waals surface area (Å²) in [6.07, 6.45) is 4.14. The molecule has 120 valence electrons. The van der Waals surface area contributed by atoms with Gasteiger partial charge in [0, 0.05) is 22.8 Å². The molecule has 23 heavy (non-hydrogen) atoms. The van der Waals surface area contributed by atoms with E-state index in [9.17, 15) is 14.9 Å². The topological polar surface area (TPSA) is 85.1 Å². The molecule has 0 aliphatic heterocycles. The van der Waals surface area contributed by atoms with Crippen molar-refractivity contribution in [2.45, 2.75) is 32.7 Å². The van der Waals surface area contributed by atoms with E-state index in [1.54, 1.807) is 23.5 Å². The lowest BCUT2D eigenvalue weighted by atomic mass is 10.1. The van der Waals surface area contributed by atoms with Gasteiger partial charge in [0.15, 0.2) is 5.78 Å². The molecule has 0 spiro atoms. The Morgan fingerprint density at radius 1 is 1.48 bits per heavy atom. The maximum Gasteiger partial charge on any atom is 0.280 e. The standard InChI is InChI=1S/C16H17N3O3S/c1-9-8-17-16(23-9)15(11-3-4-11)18-12-5-6-14(19(21)22)13(7-12)10(2)20/h5-8,11,15,18H,3-4H2,1-2H3. The third kappa shape index (κ3) is 3.39. The van der Waals surface area contributed by atoms with Gasteiger partial charge < -0.3 is 5.32 Å². The zero-order valence-corrected chi connectivity index (χ0v) is 13.7. The first-order valence-corrected chi connectivity index (χ1v) is 8.25. The van der Waals surface area contributed by atoms with Crippen molar-refractivity contribution < 1.29 is 9.72 Å². The first-order chi connectivity index (χ1) is 11.0. The van der Waals surface area contributed by atoms with Crippen molar-refractivity contribution in [3.63, 3.8) is 0 Å². The molecule has 0 saturated heterocycles. The number of benzene rings is 1. The Balaban J connectivity index is 1.90. The molecule has 0 bridgehead atoms. The zero-order chi connectivity index (χ0) is 16.6. The van der Waals surface area contributed by atoms with Crippen LogP contribution in [0.3, 0.4) is 0 Å². The molecule has 0 amide bonds. The largest absolute Gasteiger partial charge is 0.376 e. The molecule has 1 saturated carbocycles. The number of nitro groups is 1. The smallest absolute Gasteiger partial charge is 0.280 e. The fourth-order valence-electron chi connectivity index (χ4n) is 2.57. The Morgan fingerprint density at radius 3 is 2.74 bits per heavy atom. The highest BCUT2D eigenvalue weighted by molar-refractivity contribution is 7.11. The van der Waals surface area contributed by atoms with E-state index in [1.165, 1.54) is 13.0 Å². The molecule has 1 fully saturated rings. The van der Waals surface area contributed by atoms with Crippen LogP contribution in [-0.2, 0) is 0 Å². The number of nitro benzene ring substituents is 1. The number of carbonyl (C=O) groups is 1. The van der Waals surface area contributed by atoms with Gasteiger partial charge in [-0.25, -0.2) is 4.98 Å². The van der Waals surface area contributed by atoms with Crippen LogP contribution in [0, 0.1) is 23.0 Å². The van der Waals surface area contributed by atoms with Gasteiger partial charge in [-0.15, -0.1) is 11.3 Å². The fourth-order valence-corrected chi connectivity index (χ4v) is 3.49. The predicted molar refractivity (Wildman–Crippen MR) is 89.0 cm³/mol. The van der Waals surface area contributed by atoms with Crippen LogP contribution in [0.1, 0.15) is 46.0 Å². The van der Waals surface area contributed by atoms with Gasteiger partial charge in [0.1, 0.15) is 5.01 Å². The lowest BCUT2D eigenvalue weighted by Gasteiger charge is -2.17. The molecular formula is C16H17N3O3S. The summed E-state index contributed by atoms with van der Waals surface area (Å²) >= 11 is 1.65. The van der Waals surface area contributed by atoms with Crippen molar-refractivity contribution in [3.05, 3.63) is 50.0 Å². The Bertz CT molecular complexity index is 768. The number of thiazole rings is 1. The molecule has 1 aliphatic carbocycles. The number of ketones is 1. The third-order valence-corrected chi connectivity index (χ3v) is 4.89. The highest BCUT2D eigenvalue weighted by Gasteiger charge is 2.34. The van der Waals surface area contributed by atoms with E-state index in [0.717, 1.165) is 22.7 Å². The number of Topliss-reactive ketones (excluding diaryl/α,β-unsaturated/α-hetero) is 1. The van der Waals surface area contributed by atoms with Crippen molar-refractivity contribution in [3.8, 4) is 0 Å². The Hall–Kier alpha value is -2.28. The number of carbonyl (C=O) groups excluding carboxylic acids is 1. The molecule has 1 N–H and O–H groups in total. The van der Waals surface area contributed by atoms with Crippen LogP contribution < -0.4 is 5.32 Å². The number of nitrogens with zero attached hydrogens (tertiary/aromatic N) is 2. The second-order valence-electron chi connectivity index (χ2n) is 5.81. The van der Waals surface area contributed by atoms with Gasteiger partial charge in [0.05, 0.1) is 16.5 Å². The van der Waals surface area contributed by atoms with Gasteiger partial charge >= 0.3 is 0 Å². The number of anilines is 1. The van der Waals surface area contributed by atoms with Crippen molar-refractivity contribution in [1.82, 2.24) is 4.98 Å². The first-order valence-electron chi connectivity index (χ1n) is 7.44. The van der Waals surface area contributed by atoms with Crippen LogP contribution in [0.15, 0.2) is 24.4 Å². The number of hydrogen-bond acceptors (Lipinski definition) is 6. The van der Waals surface area contributed by atoms with Crippen LogP contribution in [0.5, 0.6) is 0 Å². The summed E-state index contributed by atoms with van der Waals surface area (Å²) < 4.78 is 0. The van der Waals surface area contributed by atoms with Gasteiger partial charge in [0.2, 0.25) is 0 Å². The zero-order valence-electron chi connectivity index (χ0n) is 12.9. The van der Waals surface area contributed by atoms with Gasteiger partial charge in [0.25, 0.3) is 5.69 Å². The molecule has 1 unspecified atom stereocenters. The molecule has 7 heteroatoms. The number of aromatic nitrogens is 1. The van der Waals surface area contributed by atoms with Gasteiger partial charge in [-0.1, -0.05) is 0 Å². The molecular weight excluding hydrogens is 314 g/mol. The monoisotopic (exact) mass is 331 g/mol. The first kappa shape index (κ1) is 15.6. The van der Waals surface area contributed by atoms with Gasteiger partial charge in [-0.05, 0) is 44.7 Å². The van der Waals surface area contributed by atoms with E-state index in [-0.39, 0.29) is 23.1 Å². The molecule has 6 nitrogen and oxygen atoms in total. The lowest BCUT2D eigenvalue weighted by Crippen LogP contribution is -2.13. The minimum Gasteiger partial charge on any atom is -0.376 e. The second kappa shape index (κ2) is 6.08. The highest BCUT2D eigenvalue weighted by Crippen LogP contribution is 2.44. The average Bonchev–Trinajstić information content (AvgIpc) is 3.25. The number of nitrogens with one attached hydrogen (secondary N) is 1. The average molecular weight is 331 g/mol. The molecule has 0 radical (unpaired) electrons. The minimum atomic E-state index is -0.525. The van der Waals surface area contributed by atoms with Crippen LogP contribution in [0.2, 0.25) is 0 Å². The Labute approximate surface area is 137 Å². The number of aryl methyl sites for hydroxylation is 1. The van der Waals surface area contributed by atoms with Crippen LogP contribution in [0.25, 0.3) is 0 Å². The van der Waals surface area contributed by atoms with E-state index < -0.39 is 4.92 Å². The molecule has 3 rings (SSSR count). The fraction of sp³-hybridized carbons (Fsp3) is 0.375. The molecule has 1 aromatic heterocycles. The minimum absolute atomic E-state index is 0.0926. The highest BCUT2D eigenvalue weighted by atomic mass is 32.1. The number of rotatable bonds is 6. The SMILES string of the molecule is CC(=O)c1cc(NC(c2ncc(C)s2)C2CC2)ccc1[N+](=O)[O-]. The van der Waals surface area contributed by atoms with E-state index in [1.807, 2.05) is 13.1 Å². The van der Waals surface area contributed by atoms with Crippen molar-refractivity contribution >= 4 is 28.5 Å². The van der Waals surface area contributed by atoms with E-state index >= 15 is 0 Å². The summed E-state index contributed by atoms with van der Waals surface area (Å²) in [6.45, 7) is 3.36. The van der Waals surface area contributed by atoms with Crippen molar-refractivity contribution in [2.24, 2.45) is 5.92 Å². The predicted octanol–water partition coefficient (Wildman–Crippen LogP) is 4.13. The quantitative estimate of drug-likeness (QED) is 0.489. The lowest BCUT2D eigenvalue weighted by molar-refractivity contribution is -0.385. The normalized spacial score (nSPS) is 15.2. The molecule has 1 aliphatic rings. The van der Waals surface area contributed by atoms with Crippen molar-refractivity contribution in [2.75, 3.05) is 5.32 Å². The second-order valence-corrected chi connectivity index (χ2v) is 7.08. The summed E-state index contributed by atoms with van der Waals surface area (Å²) in [5.74, 6) is 0.213. The molecule has 1 heterocycles. The Kier molecular flexibility index (Phi) is 4.12. The third-order valence-electron chi connectivity index (χ3n) is 3.89. The van der Waals surface area contributed by atoms with E-state index in [4.69, 9.17) is 0 Å². The molecule has 1 aromatic carbocycles. The maximum atomic E-state index is 11.7. The van der Waals surface area contributed by atoms with E-state index in [2.05, 4.69) is 10.3 Å². The molecule has 2 aromatic rings. The Morgan fingerprint density at radius 2 is 2.22 bits per heavy atom. The van der Waals surface area contributed by atoms with Crippen LogP contribution >= 0.6 is 11.3 Å². The van der Waals surface area contributed by atoms with Crippen molar-refractivity contribution in [1.29, 1.82) is 0 Å². The summed E-state index contributed by atoms with van der Waals surface area (Å²) in [6, 6.07) is 4.70. The maximum absolute atomic E-state index is 11.7. The van der Waals surface area contributed by atoms with Crippen LogP contribution in [-0.4, -0.2) is 15.7 Å². The van der Waals surface area contributed by atoms with E-state index in [0.29, 0.717) is 11.6 Å². The van der Waals surface area contributed by atoms with Gasteiger partial charge in [-0.2, -0.15) is 0 Å².